The van der Waals surface area contributed by atoms with Gasteiger partial charge in [0.2, 0.25) is 0 Å². The van der Waals surface area contributed by atoms with Gasteiger partial charge in [-0.15, -0.1) is 0 Å². The zero-order chi connectivity index (χ0) is 13.9. The molecule has 0 spiro atoms. The summed E-state index contributed by atoms with van der Waals surface area (Å²) in [6.45, 7) is 7.49. The van der Waals surface area contributed by atoms with Crippen LogP contribution in [0.2, 0.25) is 0 Å². The van der Waals surface area contributed by atoms with Crippen LogP contribution < -0.4 is 14.8 Å². The second-order valence-electron chi connectivity index (χ2n) is 5.04. The lowest BCUT2D eigenvalue weighted by molar-refractivity contribution is 0.0649. The molecule has 4 nitrogen and oxygen atoms in total. The number of aliphatic hydroxyl groups is 1. The van der Waals surface area contributed by atoms with Crippen LogP contribution in [0, 0.1) is 6.92 Å². The van der Waals surface area contributed by atoms with Crippen molar-refractivity contribution < 1.29 is 14.6 Å². The van der Waals surface area contributed by atoms with E-state index in [1.165, 1.54) is 0 Å². The summed E-state index contributed by atoms with van der Waals surface area (Å²) in [4.78, 5) is 0. The minimum atomic E-state index is -0.792. The SMILES string of the molecule is COc1cc(C)c(NC(C)C(C)(C)O)cc1OC. The van der Waals surface area contributed by atoms with Crippen LogP contribution in [-0.4, -0.2) is 31.0 Å². The lowest BCUT2D eigenvalue weighted by Gasteiger charge is -2.28. The summed E-state index contributed by atoms with van der Waals surface area (Å²) < 4.78 is 10.5. The molecule has 18 heavy (non-hydrogen) atoms. The number of anilines is 1. The maximum Gasteiger partial charge on any atom is 0.162 e. The third kappa shape index (κ3) is 3.29. The number of hydrogen-bond acceptors (Lipinski definition) is 4. The minimum absolute atomic E-state index is 0.0747. The summed E-state index contributed by atoms with van der Waals surface area (Å²) in [5.41, 5.74) is 1.19. The second-order valence-corrected chi connectivity index (χ2v) is 5.04. The zero-order valence-corrected chi connectivity index (χ0v) is 12.0. The molecule has 1 unspecified atom stereocenters. The molecule has 4 heteroatoms. The van der Waals surface area contributed by atoms with Gasteiger partial charge < -0.3 is 19.9 Å². The third-order valence-corrected chi connectivity index (χ3v) is 3.16. The highest BCUT2D eigenvalue weighted by molar-refractivity contribution is 5.60. The van der Waals surface area contributed by atoms with Gasteiger partial charge in [0.15, 0.2) is 11.5 Å². The average molecular weight is 253 g/mol. The smallest absolute Gasteiger partial charge is 0.162 e. The van der Waals surface area contributed by atoms with E-state index in [9.17, 15) is 5.11 Å². The first-order valence-electron chi connectivity index (χ1n) is 6.01. The van der Waals surface area contributed by atoms with Crippen molar-refractivity contribution in [2.24, 2.45) is 0 Å². The Morgan fingerprint density at radius 3 is 2.11 bits per heavy atom. The maximum absolute atomic E-state index is 9.95. The topological polar surface area (TPSA) is 50.7 Å². The van der Waals surface area contributed by atoms with E-state index in [4.69, 9.17) is 9.47 Å². The van der Waals surface area contributed by atoms with Gasteiger partial charge in [0.05, 0.1) is 25.9 Å². The van der Waals surface area contributed by atoms with Crippen LogP contribution in [0.3, 0.4) is 0 Å². The normalized spacial score (nSPS) is 13.1. The van der Waals surface area contributed by atoms with Crippen molar-refractivity contribution in [3.63, 3.8) is 0 Å². The molecule has 0 radical (unpaired) electrons. The Hall–Kier alpha value is -1.42. The summed E-state index contributed by atoms with van der Waals surface area (Å²) in [5, 5.41) is 13.2. The quantitative estimate of drug-likeness (QED) is 0.847. The molecule has 0 amide bonds. The lowest BCUT2D eigenvalue weighted by Crippen LogP contribution is -2.39. The molecule has 0 aliphatic carbocycles. The molecule has 0 aliphatic heterocycles. The molecule has 1 rings (SSSR count). The third-order valence-electron chi connectivity index (χ3n) is 3.16. The monoisotopic (exact) mass is 253 g/mol. The standard InChI is InChI=1S/C14H23NO3/c1-9-7-12(17-5)13(18-6)8-11(9)15-10(2)14(3,4)16/h7-8,10,15-16H,1-6H3. The summed E-state index contributed by atoms with van der Waals surface area (Å²) in [6, 6.07) is 3.73. The maximum atomic E-state index is 9.95. The number of methoxy groups -OCH3 is 2. The van der Waals surface area contributed by atoms with Crippen molar-refractivity contribution in [1.29, 1.82) is 0 Å². The van der Waals surface area contributed by atoms with E-state index >= 15 is 0 Å². The summed E-state index contributed by atoms with van der Waals surface area (Å²) >= 11 is 0. The van der Waals surface area contributed by atoms with Gasteiger partial charge in [0.1, 0.15) is 0 Å². The van der Waals surface area contributed by atoms with E-state index in [-0.39, 0.29) is 6.04 Å². The fraction of sp³-hybridized carbons (Fsp3) is 0.571. The molecule has 0 fully saturated rings. The Morgan fingerprint density at radius 1 is 1.17 bits per heavy atom. The van der Waals surface area contributed by atoms with Crippen LogP contribution in [0.25, 0.3) is 0 Å². The van der Waals surface area contributed by atoms with Gasteiger partial charge in [-0.05, 0) is 39.3 Å². The van der Waals surface area contributed by atoms with E-state index in [1.807, 2.05) is 26.0 Å². The fourth-order valence-corrected chi connectivity index (χ4v) is 1.55. The van der Waals surface area contributed by atoms with Gasteiger partial charge >= 0.3 is 0 Å². The van der Waals surface area contributed by atoms with Crippen LogP contribution in [-0.2, 0) is 0 Å². The molecule has 0 aromatic heterocycles. The molecule has 0 bridgehead atoms. The molecule has 0 heterocycles. The number of aryl methyl sites for hydroxylation is 1. The number of nitrogens with one attached hydrogen (secondary N) is 1. The van der Waals surface area contributed by atoms with Crippen molar-refractivity contribution in [2.45, 2.75) is 39.3 Å². The molecule has 1 aromatic carbocycles. The first kappa shape index (κ1) is 14.6. The number of ether oxygens (including phenoxy) is 2. The Kier molecular flexibility index (Phi) is 4.46. The van der Waals surface area contributed by atoms with Crippen molar-refractivity contribution in [1.82, 2.24) is 0 Å². The molecule has 1 atom stereocenters. The fourth-order valence-electron chi connectivity index (χ4n) is 1.55. The second kappa shape index (κ2) is 5.48. The Labute approximate surface area is 109 Å². The van der Waals surface area contributed by atoms with E-state index in [2.05, 4.69) is 5.32 Å². The molecule has 2 N–H and O–H groups in total. The lowest BCUT2D eigenvalue weighted by atomic mass is 10.00. The Morgan fingerprint density at radius 2 is 1.67 bits per heavy atom. The van der Waals surface area contributed by atoms with Crippen molar-refractivity contribution in [2.75, 3.05) is 19.5 Å². The first-order chi connectivity index (χ1) is 8.29. The van der Waals surface area contributed by atoms with E-state index in [1.54, 1.807) is 28.1 Å². The van der Waals surface area contributed by atoms with Crippen LogP contribution in [0.1, 0.15) is 26.3 Å². The predicted octanol–water partition coefficient (Wildman–Crippen LogP) is 2.58. The van der Waals surface area contributed by atoms with Gasteiger partial charge in [-0.3, -0.25) is 0 Å². The Bertz CT molecular complexity index is 410. The largest absolute Gasteiger partial charge is 0.493 e. The number of hydrogen-bond donors (Lipinski definition) is 2. The highest BCUT2D eigenvalue weighted by atomic mass is 16.5. The molecule has 0 saturated heterocycles. The molecule has 102 valence electrons. The van der Waals surface area contributed by atoms with Crippen LogP contribution >= 0.6 is 0 Å². The highest BCUT2D eigenvalue weighted by Crippen LogP contribution is 2.33. The summed E-state index contributed by atoms with van der Waals surface area (Å²) in [5.74, 6) is 1.38. The van der Waals surface area contributed by atoms with Crippen molar-refractivity contribution in [3.8, 4) is 11.5 Å². The van der Waals surface area contributed by atoms with Gasteiger partial charge in [0.25, 0.3) is 0 Å². The van der Waals surface area contributed by atoms with Gasteiger partial charge in [-0.2, -0.15) is 0 Å². The molecule has 1 aromatic rings. The van der Waals surface area contributed by atoms with E-state index in [0.29, 0.717) is 11.5 Å². The van der Waals surface area contributed by atoms with Gasteiger partial charge in [0, 0.05) is 11.8 Å². The number of benzene rings is 1. The average Bonchev–Trinajstić information content (AvgIpc) is 2.29. The van der Waals surface area contributed by atoms with Crippen LogP contribution in [0.4, 0.5) is 5.69 Å². The Balaban J connectivity index is 3.03. The van der Waals surface area contributed by atoms with E-state index in [0.717, 1.165) is 11.3 Å². The first-order valence-corrected chi connectivity index (χ1v) is 6.01. The zero-order valence-electron chi connectivity index (χ0n) is 12.0. The van der Waals surface area contributed by atoms with Crippen LogP contribution in [0.5, 0.6) is 11.5 Å². The van der Waals surface area contributed by atoms with Gasteiger partial charge in [-0.25, -0.2) is 0 Å². The summed E-state index contributed by atoms with van der Waals surface area (Å²) in [7, 11) is 3.22. The van der Waals surface area contributed by atoms with Crippen molar-refractivity contribution in [3.05, 3.63) is 17.7 Å². The van der Waals surface area contributed by atoms with Crippen LogP contribution in [0.15, 0.2) is 12.1 Å². The molecule has 0 saturated carbocycles. The number of rotatable bonds is 5. The molecule has 0 aliphatic rings. The molecular weight excluding hydrogens is 230 g/mol. The van der Waals surface area contributed by atoms with E-state index < -0.39 is 5.60 Å². The summed E-state index contributed by atoms with van der Waals surface area (Å²) in [6.07, 6.45) is 0. The predicted molar refractivity (Wildman–Crippen MR) is 73.7 cm³/mol. The minimum Gasteiger partial charge on any atom is -0.493 e. The van der Waals surface area contributed by atoms with Gasteiger partial charge in [-0.1, -0.05) is 0 Å². The molecular formula is C14H23NO3. The van der Waals surface area contributed by atoms with Crippen molar-refractivity contribution >= 4 is 5.69 Å². The highest BCUT2D eigenvalue weighted by Gasteiger charge is 2.23.